The Hall–Kier alpha value is -4.98. The smallest absolute Gasteiger partial charge is 0.307 e. The van der Waals surface area contributed by atoms with Crippen molar-refractivity contribution in [2.45, 2.75) is 40.3 Å². The first-order valence-corrected chi connectivity index (χ1v) is 16.1. The van der Waals surface area contributed by atoms with Crippen LogP contribution in [0.3, 0.4) is 0 Å². The second kappa shape index (κ2) is 13.6. The first-order chi connectivity index (χ1) is 21.6. The SMILES string of the molecule is CCCN(C(=O)c1c(C)c(C(F)(F)F)nn1-c1cccc(-c2n[nH]c(=O)[nH]2)c1)c1ccc(/C(C)=C/C=C\C=C(/C)S(C)(=O)=O)cc1. The molecule has 0 unspecified atom stereocenters. The minimum absolute atomic E-state index is 0.172. The van der Waals surface area contributed by atoms with Gasteiger partial charge in [-0.15, -0.1) is 0 Å². The van der Waals surface area contributed by atoms with E-state index in [1.165, 1.54) is 37.0 Å². The number of H-pyrrole nitrogens is 2. The minimum atomic E-state index is -4.82. The van der Waals surface area contributed by atoms with Gasteiger partial charge in [-0.1, -0.05) is 49.4 Å². The number of nitrogens with zero attached hydrogens (tertiary/aromatic N) is 4. The van der Waals surface area contributed by atoms with Crippen LogP contribution in [0.15, 0.2) is 82.5 Å². The highest BCUT2D eigenvalue weighted by atomic mass is 32.2. The number of halogens is 3. The molecule has 242 valence electrons. The summed E-state index contributed by atoms with van der Waals surface area (Å²) >= 11 is 0. The number of allylic oxidation sites excluding steroid dienone is 6. The third kappa shape index (κ3) is 7.62. The van der Waals surface area contributed by atoms with Crippen LogP contribution >= 0.6 is 0 Å². The van der Waals surface area contributed by atoms with Crippen LogP contribution < -0.4 is 10.6 Å². The number of hydrogen-bond donors (Lipinski definition) is 2. The Morgan fingerprint density at radius 1 is 1.07 bits per heavy atom. The molecule has 10 nitrogen and oxygen atoms in total. The Bertz CT molecular complexity index is 2000. The van der Waals surface area contributed by atoms with Gasteiger partial charge in [-0.3, -0.25) is 9.78 Å². The fourth-order valence-electron chi connectivity index (χ4n) is 4.61. The topological polar surface area (TPSA) is 134 Å². The third-order valence-corrected chi connectivity index (χ3v) is 8.46. The number of nitrogens with one attached hydrogen (secondary N) is 2. The van der Waals surface area contributed by atoms with Crippen LogP contribution in [0, 0.1) is 6.92 Å². The molecule has 0 fully saturated rings. The van der Waals surface area contributed by atoms with Gasteiger partial charge >= 0.3 is 11.9 Å². The third-order valence-electron chi connectivity index (χ3n) is 7.16. The fourth-order valence-corrected chi connectivity index (χ4v) is 4.94. The summed E-state index contributed by atoms with van der Waals surface area (Å²) in [4.78, 5) is 29.9. The Labute approximate surface area is 263 Å². The van der Waals surface area contributed by atoms with Crippen molar-refractivity contribution in [2.75, 3.05) is 17.7 Å². The average Bonchev–Trinajstić information content (AvgIpc) is 3.60. The molecule has 2 heterocycles. The quantitative estimate of drug-likeness (QED) is 0.195. The maximum absolute atomic E-state index is 14.1. The molecule has 0 atom stereocenters. The highest BCUT2D eigenvalue weighted by Crippen LogP contribution is 2.35. The van der Waals surface area contributed by atoms with Crippen molar-refractivity contribution in [3.63, 3.8) is 0 Å². The highest BCUT2D eigenvalue weighted by Gasteiger charge is 2.40. The molecule has 1 amide bonds. The largest absolute Gasteiger partial charge is 0.435 e. The molecule has 4 rings (SSSR count). The van der Waals surface area contributed by atoms with E-state index in [-0.39, 0.29) is 34.2 Å². The summed E-state index contributed by atoms with van der Waals surface area (Å²) in [6.07, 6.45) is 3.50. The van der Waals surface area contributed by atoms with Gasteiger partial charge in [0.2, 0.25) is 0 Å². The second-order valence-corrected chi connectivity index (χ2v) is 12.8. The summed E-state index contributed by atoms with van der Waals surface area (Å²) in [6.45, 7) is 6.68. The number of hydrogen-bond acceptors (Lipinski definition) is 6. The zero-order valence-corrected chi connectivity index (χ0v) is 26.6. The lowest BCUT2D eigenvalue weighted by atomic mass is 10.1. The van der Waals surface area contributed by atoms with Crippen molar-refractivity contribution < 1.29 is 26.4 Å². The van der Waals surface area contributed by atoms with Crippen LogP contribution in [0.2, 0.25) is 0 Å². The first kappa shape index (κ1) is 33.9. The fraction of sp³-hybridized carbons (Fsp3) is 0.250. The number of rotatable bonds is 10. The maximum Gasteiger partial charge on any atom is 0.435 e. The minimum Gasteiger partial charge on any atom is -0.307 e. The molecule has 4 aromatic rings. The Balaban J connectivity index is 1.72. The molecule has 0 aliphatic rings. The van der Waals surface area contributed by atoms with E-state index >= 15 is 0 Å². The van der Waals surface area contributed by atoms with Gasteiger partial charge < -0.3 is 4.90 Å². The Morgan fingerprint density at radius 3 is 2.33 bits per heavy atom. The van der Waals surface area contributed by atoms with Crippen LogP contribution in [-0.4, -0.2) is 52.1 Å². The molecule has 2 N–H and O–H groups in total. The summed E-state index contributed by atoms with van der Waals surface area (Å²) in [5.41, 5.74) is 0.438. The monoisotopic (exact) mass is 654 g/mol. The molecule has 46 heavy (non-hydrogen) atoms. The van der Waals surface area contributed by atoms with Gasteiger partial charge in [0.1, 0.15) is 5.69 Å². The van der Waals surface area contributed by atoms with Gasteiger partial charge in [0.15, 0.2) is 21.4 Å². The van der Waals surface area contributed by atoms with Crippen molar-refractivity contribution in [3.05, 3.63) is 111 Å². The van der Waals surface area contributed by atoms with Crippen molar-refractivity contribution >= 4 is 27.0 Å². The standard InChI is InChI=1S/C32H33F3N6O4S/c1-6-18-40(25-16-14-23(15-17-25)20(2)10-7-8-11-21(3)46(5,44)45)30(42)27-22(4)28(32(33,34)35)39-41(27)26-13-9-12-24(19-26)29-36-31(43)38-37-29/h7-17,19H,6,18H2,1-5H3,(H2,36,37,38,43)/b8-7-,20-10+,21-11+. The van der Waals surface area contributed by atoms with E-state index in [2.05, 4.69) is 20.3 Å². The van der Waals surface area contributed by atoms with E-state index in [1.807, 2.05) is 19.9 Å². The van der Waals surface area contributed by atoms with Gasteiger partial charge in [-0.25, -0.2) is 23.0 Å². The highest BCUT2D eigenvalue weighted by molar-refractivity contribution is 7.94. The lowest BCUT2D eigenvalue weighted by Crippen LogP contribution is -2.33. The van der Waals surface area contributed by atoms with Crippen LogP contribution in [0.1, 0.15) is 54.5 Å². The molecule has 0 aliphatic heterocycles. The van der Waals surface area contributed by atoms with Crippen molar-refractivity contribution in [3.8, 4) is 17.1 Å². The van der Waals surface area contributed by atoms with Gasteiger partial charge in [0.25, 0.3) is 5.91 Å². The second-order valence-electron chi connectivity index (χ2n) is 10.6. The number of aromatic amines is 2. The zero-order chi connectivity index (χ0) is 33.8. The molecular formula is C32H33F3N6O4S. The average molecular weight is 655 g/mol. The molecular weight excluding hydrogens is 621 g/mol. The normalized spacial score (nSPS) is 13.0. The van der Waals surface area contributed by atoms with Crippen LogP contribution in [0.25, 0.3) is 22.6 Å². The molecule has 0 saturated carbocycles. The van der Waals surface area contributed by atoms with Gasteiger partial charge in [-0.2, -0.15) is 23.4 Å². The predicted molar refractivity (Wildman–Crippen MR) is 171 cm³/mol. The first-order valence-electron chi connectivity index (χ1n) is 14.2. The van der Waals surface area contributed by atoms with Gasteiger partial charge in [0, 0.05) is 34.5 Å². The van der Waals surface area contributed by atoms with Crippen LogP contribution in [0.4, 0.5) is 18.9 Å². The number of carbonyl (C=O) groups is 1. The van der Waals surface area contributed by atoms with Gasteiger partial charge in [0.05, 0.1) is 5.69 Å². The van der Waals surface area contributed by atoms with E-state index in [4.69, 9.17) is 0 Å². The Morgan fingerprint density at radius 2 is 1.74 bits per heavy atom. The molecule has 0 radical (unpaired) electrons. The van der Waals surface area contributed by atoms with Crippen molar-refractivity contribution in [1.29, 1.82) is 0 Å². The summed E-state index contributed by atoms with van der Waals surface area (Å²) in [5, 5.41) is 9.96. The van der Waals surface area contributed by atoms with E-state index in [1.54, 1.807) is 48.6 Å². The molecule has 0 spiro atoms. The molecule has 14 heteroatoms. The number of amides is 1. The lowest BCUT2D eigenvalue weighted by molar-refractivity contribution is -0.141. The zero-order valence-electron chi connectivity index (χ0n) is 25.8. The number of aromatic nitrogens is 5. The van der Waals surface area contributed by atoms with E-state index < -0.39 is 33.3 Å². The van der Waals surface area contributed by atoms with Crippen LogP contribution in [-0.2, 0) is 16.0 Å². The number of benzene rings is 2. The summed E-state index contributed by atoms with van der Waals surface area (Å²) in [5.74, 6) is -0.496. The molecule has 0 bridgehead atoms. The number of alkyl halides is 3. The molecule has 0 saturated heterocycles. The van der Waals surface area contributed by atoms with Crippen LogP contribution in [0.5, 0.6) is 0 Å². The summed E-state index contributed by atoms with van der Waals surface area (Å²) < 4.78 is 66.3. The van der Waals surface area contributed by atoms with Gasteiger partial charge in [-0.05, 0) is 68.7 Å². The molecule has 2 aromatic carbocycles. The Kier molecular flexibility index (Phi) is 10.00. The van der Waals surface area contributed by atoms with Crippen molar-refractivity contribution in [2.24, 2.45) is 0 Å². The summed E-state index contributed by atoms with van der Waals surface area (Å²) in [6, 6.07) is 13.2. The number of anilines is 1. The number of sulfone groups is 1. The van der Waals surface area contributed by atoms with E-state index in [9.17, 15) is 31.2 Å². The van der Waals surface area contributed by atoms with E-state index in [0.717, 1.165) is 22.1 Å². The molecule has 2 aromatic heterocycles. The summed E-state index contributed by atoms with van der Waals surface area (Å²) in [7, 11) is -3.26. The van der Waals surface area contributed by atoms with E-state index in [0.29, 0.717) is 17.7 Å². The molecule has 0 aliphatic carbocycles. The van der Waals surface area contributed by atoms with Crippen molar-refractivity contribution in [1.82, 2.24) is 25.0 Å². The lowest BCUT2D eigenvalue weighted by Gasteiger charge is -2.23. The number of carbonyl (C=O) groups excluding carboxylic acids is 1. The predicted octanol–water partition coefficient (Wildman–Crippen LogP) is 6.24. The maximum atomic E-state index is 14.1.